The number of hydrogen-bond acceptors (Lipinski definition) is 5. The highest BCUT2D eigenvalue weighted by Gasteiger charge is 2.35. The van der Waals surface area contributed by atoms with E-state index in [4.69, 9.17) is 4.52 Å². The molecule has 2 aromatic rings. The molecular weight excluding hydrogens is 291 g/mol. The number of aromatic nitrogens is 1. The average molecular weight is 306 g/mol. The molecule has 3 rings (SSSR count). The molecule has 6 nitrogen and oxygen atoms in total. The van der Waals surface area contributed by atoms with E-state index in [0.29, 0.717) is 17.7 Å². The van der Waals surface area contributed by atoms with Crippen LogP contribution in [-0.4, -0.2) is 51.5 Å². The Kier molecular flexibility index (Phi) is 3.91. The van der Waals surface area contributed by atoms with Crippen LogP contribution in [0.4, 0.5) is 4.39 Å². The number of carbonyl (C=O) groups is 1. The molecule has 2 N–H and O–H groups in total. The molecule has 0 saturated carbocycles. The van der Waals surface area contributed by atoms with Gasteiger partial charge >= 0.3 is 0 Å². The number of nitrogens with zero attached hydrogens (tertiary/aromatic N) is 2. The lowest BCUT2D eigenvalue weighted by Gasteiger charge is -2.21. The molecule has 0 aliphatic carbocycles. The molecule has 1 aliphatic rings. The number of rotatable bonds is 3. The van der Waals surface area contributed by atoms with Crippen LogP contribution in [0.2, 0.25) is 0 Å². The molecule has 1 aromatic heterocycles. The molecule has 116 valence electrons. The first-order valence-electron chi connectivity index (χ1n) is 6.91. The van der Waals surface area contributed by atoms with E-state index in [9.17, 15) is 19.4 Å². The number of benzene rings is 1. The predicted molar refractivity (Wildman–Crippen MR) is 74.4 cm³/mol. The van der Waals surface area contributed by atoms with Gasteiger partial charge in [-0.2, -0.15) is 0 Å². The monoisotopic (exact) mass is 306 g/mol. The number of likely N-dealkylation sites (tertiary alicyclic amines) is 1. The first kappa shape index (κ1) is 14.7. The zero-order chi connectivity index (χ0) is 15.7. The van der Waals surface area contributed by atoms with Crippen LogP contribution in [-0.2, 0) is 0 Å². The van der Waals surface area contributed by atoms with Gasteiger partial charge in [-0.05, 0) is 30.7 Å². The van der Waals surface area contributed by atoms with Gasteiger partial charge in [-0.1, -0.05) is 5.16 Å². The van der Waals surface area contributed by atoms with Crippen LogP contribution in [0, 0.1) is 5.82 Å². The summed E-state index contributed by atoms with van der Waals surface area (Å²) in [7, 11) is 0. The summed E-state index contributed by atoms with van der Waals surface area (Å²) in [4.78, 5) is 13.8. The topological polar surface area (TPSA) is 86.8 Å². The number of β-amino-alcohol motifs (C(OH)–C–C–N with tert-alkyl or cyclic N) is 1. The quantitative estimate of drug-likeness (QED) is 0.885. The highest BCUT2D eigenvalue weighted by atomic mass is 19.1. The SMILES string of the molecule is O=C(c1cc(-c2ccc(F)cc2)on1)N1C[C@@H](O)C[C@H]1CO. The van der Waals surface area contributed by atoms with E-state index in [0.717, 1.165) is 0 Å². The molecule has 2 atom stereocenters. The van der Waals surface area contributed by atoms with Crippen molar-refractivity contribution in [2.75, 3.05) is 13.2 Å². The maximum atomic E-state index is 12.9. The highest BCUT2D eigenvalue weighted by Crippen LogP contribution is 2.24. The predicted octanol–water partition coefficient (Wildman–Crippen LogP) is 1.05. The van der Waals surface area contributed by atoms with Gasteiger partial charge in [0.1, 0.15) is 5.82 Å². The first-order valence-corrected chi connectivity index (χ1v) is 6.91. The van der Waals surface area contributed by atoms with Gasteiger partial charge in [0.25, 0.3) is 5.91 Å². The van der Waals surface area contributed by atoms with Crippen LogP contribution in [0.15, 0.2) is 34.9 Å². The van der Waals surface area contributed by atoms with Crippen molar-refractivity contribution in [2.45, 2.75) is 18.6 Å². The van der Waals surface area contributed by atoms with Crippen molar-refractivity contribution < 1.29 is 23.9 Å². The number of aliphatic hydroxyl groups is 2. The van der Waals surface area contributed by atoms with E-state index < -0.39 is 18.1 Å². The second-order valence-corrected chi connectivity index (χ2v) is 5.27. The molecule has 0 bridgehead atoms. The lowest BCUT2D eigenvalue weighted by atomic mass is 10.1. The van der Waals surface area contributed by atoms with Gasteiger partial charge in [-0.3, -0.25) is 4.79 Å². The minimum atomic E-state index is -0.649. The fourth-order valence-corrected chi connectivity index (χ4v) is 2.59. The fraction of sp³-hybridized carbons (Fsp3) is 0.333. The Morgan fingerprint density at radius 3 is 2.82 bits per heavy atom. The molecule has 2 heterocycles. The summed E-state index contributed by atoms with van der Waals surface area (Å²) < 4.78 is 18.0. The van der Waals surface area contributed by atoms with Crippen LogP contribution in [0.1, 0.15) is 16.9 Å². The van der Waals surface area contributed by atoms with Crippen molar-refractivity contribution in [2.24, 2.45) is 0 Å². The van der Waals surface area contributed by atoms with Gasteiger partial charge < -0.3 is 19.6 Å². The zero-order valence-electron chi connectivity index (χ0n) is 11.6. The Labute approximate surface area is 125 Å². The highest BCUT2D eigenvalue weighted by molar-refractivity contribution is 5.93. The Bertz CT molecular complexity index is 670. The lowest BCUT2D eigenvalue weighted by Crippen LogP contribution is -2.38. The molecule has 1 aliphatic heterocycles. The van der Waals surface area contributed by atoms with E-state index >= 15 is 0 Å². The fourth-order valence-electron chi connectivity index (χ4n) is 2.59. The third-order valence-electron chi connectivity index (χ3n) is 3.72. The number of amides is 1. The number of halogens is 1. The third kappa shape index (κ3) is 2.72. The van der Waals surface area contributed by atoms with E-state index in [-0.39, 0.29) is 24.7 Å². The Hall–Kier alpha value is -2.25. The second kappa shape index (κ2) is 5.86. The molecule has 1 amide bonds. The second-order valence-electron chi connectivity index (χ2n) is 5.27. The van der Waals surface area contributed by atoms with Crippen molar-refractivity contribution in [3.05, 3.63) is 41.8 Å². The largest absolute Gasteiger partial charge is 0.394 e. The van der Waals surface area contributed by atoms with Crippen molar-refractivity contribution in [3.8, 4) is 11.3 Å². The van der Waals surface area contributed by atoms with Gasteiger partial charge in [-0.25, -0.2) is 4.39 Å². The van der Waals surface area contributed by atoms with Gasteiger partial charge in [0, 0.05) is 18.2 Å². The van der Waals surface area contributed by atoms with Crippen molar-refractivity contribution in [1.82, 2.24) is 10.1 Å². The normalized spacial score (nSPS) is 21.3. The van der Waals surface area contributed by atoms with E-state index in [1.807, 2.05) is 0 Å². The molecule has 1 saturated heterocycles. The number of hydrogen-bond donors (Lipinski definition) is 2. The third-order valence-corrected chi connectivity index (χ3v) is 3.72. The van der Waals surface area contributed by atoms with Crippen LogP contribution in [0.5, 0.6) is 0 Å². The van der Waals surface area contributed by atoms with Crippen molar-refractivity contribution in [3.63, 3.8) is 0 Å². The van der Waals surface area contributed by atoms with Crippen LogP contribution in [0.25, 0.3) is 11.3 Å². The van der Waals surface area contributed by atoms with Crippen LogP contribution in [0.3, 0.4) is 0 Å². The molecule has 0 unspecified atom stereocenters. The van der Waals surface area contributed by atoms with Gasteiger partial charge in [-0.15, -0.1) is 0 Å². The molecule has 1 fully saturated rings. The summed E-state index contributed by atoms with van der Waals surface area (Å²) in [6, 6.07) is 6.68. The van der Waals surface area contributed by atoms with Gasteiger partial charge in [0.2, 0.25) is 0 Å². The maximum absolute atomic E-state index is 12.9. The summed E-state index contributed by atoms with van der Waals surface area (Å²) in [5.41, 5.74) is 0.694. The first-order chi connectivity index (χ1) is 10.6. The molecule has 0 spiro atoms. The van der Waals surface area contributed by atoms with E-state index in [1.165, 1.54) is 35.2 Å². The van der Waals surface area contributed by atoms with Gasteiger partial charge in [0.15, 0.2) is 11.5 Å². The summed E-state index contributed by atoms with van der Waals surface area (Å²) >= 11 is 0. The Balaban J connectivity index is 1.81. The maximum Gasteiger partial charge on any atom is 0.276 e. The minimum absolute atomic E-state index is 0.0897. The number of carbonyl (C=O) groups excluding carboxylic acids is 1. The summed E-state index contributed by atoms with van der Waals surface area (Å²) in [5, 5.41) is 22.6. The standard InChI is InChI=1S/C15H15FN2O4/c16-10-3-1-9(2-4-10)14-6-13(17-22-14)15(21)18-7-12(20)5-11(18)8-19/h1-4,6,11-12,19-20H,5,7-8H2/t11-,12-/m0/s1. The van der Waals surface area contributed by atoms with Crippen molar-refractivity contribution in [1.29, 1.82) is 0 Å². The Morgan fingerprint density at radius 2 is 2.14 bits per heavy atom. The number of aliphatic hydroxyl groups excluding tert-OH is 2. The zero-order valence-corrected chi connectivity index (χ0v) is 11.6. The summed E-state index contributed by atoms with van der Waals surface area (Å²) in [5.74, 6) is -0.423. The summed E-state index contributed by atoms with van der Waals surface area (Å²) in [6.07, 6.45) is -0.310. The lowest BCUT2D eigenvalue weighted by molar-refractivity contribution is 0.0654. The minimum Gasteiger partial charge on any atom is -0.394 e. The van der Waals surface area contributed by atoms with Crippen LogP contribution < -0.4 is 0 Å². The van der Waals surface area contributed by atoms with Gasteiger partial charge in [0.05, 0.1) is 18.8 Å². The molecule has 1 aromatic carbocycles. The molecular formula is C15H15FN2O4. The Morgan fingerprint density at radius 1 is 1.41 bits per heavy atom. The van der Waals surface area contributed by atoms with E-state index in [1.54, 1.807) is 0 Å². The van der Waals surface area contributed by atoms with E-state index in [2.05, 4.69) is 5.16 Å². The van der Waals surface area contributed by atoms with Crippen LogP contribution >= 0.6 is 0 Å². The van der Waals surface area contributed by atoms with Crippen molar-refractivity contribution >= 4 is 5.91 Å². The summed E-state index contributed by atoms with van der Waals surface area (Å²) in [6.45, 7) is -0.0612. The molecule has 22 heavy (non-hydrogen) atoms. The molecule has 0 radical (unpaired) electrons. The average Bonchev–Trinajstić information content (AvgIpc) is 3.14. The smallest absolute Gasteiger partial charge is 0.276 e. The molecule has 7 heteroatoms.